The third kappa shape index (κ3) is 7.55. The second-order valence-corrected chi connectivity index (χ2v) is 3.24. The minimum absolute atomic E-state index is 0.0393. The Labute approximate surface area is 90.9 Å². The van der Waals surface area contributed by atoms with Crippen molar-refractivity contribution in [2.45, 2.75) is 19.4 Å². The molecular formula is C11H18N4. The molecule has 4 heteroatoms. The molecule has 0 aliphatic heterocycles. The summed E-state index contributed by atoms with van der Waals surface area (Å²) in [5.41, 5.74) is 9.38. The van der Waals surface area contributed by atoms with Gasteiger partial charge in [0.25, 0.3) is 0 Å². The molecule has 0 spiro atoms. The minimum atomic E-state index is 0.0393. The van der Waals surface area contributed by atoms with Crippen molar-refractivity contribution < 1.29 is 0 Å². The second kappa shape index (κ2) is 9.06. The zero-order chi connectivity index (χ0) is 11.5. The standard InChI is InChI=1S/C9H11N3.C2H7N/c1-8(11-12-10)7-9-5-3-2-4-6-9;1-3-2/h2-6,8H,7H2,1H3;3H,1-2H3. The molecule has 0 aromatic heterocycles. The first kappa shape index (κ1) is 13.5. The molecule has 0 heterocycles. The van der Waals surface area contributed by atoms with Crippen molar-refractivity contribution in [2.75, 3.05) is 14.1 Å². The molecule has 0 radical (unpaired) electrons. The van der Waals surface area contributed by atoms with Crippen molar-refractivity contribution in [3.05, 3.63) is 46.3 Å². The van der Waals surface area contributed by atoms with Crippen LogP contribution < -0.4 is 5.32 Å². The number of rotatable bonds is 3. The van der Waals surface area contributed by atoms with Gasteiger partial charge in [-0.05, 0) is 31.6 Å². The van der Waals surface area contributed by atoms with Crippen LogP contribution in [-0.4, -0.2) is 20.1 Å². The lowest BCUT2D eigenvalue weighted by Gasteiger charge is -2.02. The topological polar surface area (TPSA) is 60.8 Å². The summed E-state index contributed by atoms with van der Waals surface area (Å²) in [5.74, 6) is 0. The molecular weight excluding hydrogens is 188 g/mol. The molecule has 1 aromatic carbocycles. The fourth-order valence-electron chi connectivity index (χ4n) is 1.08. The van der Waals surface area contributed by atoms with E-state index in [2.05, 4.69) is 15.3 Å². The zero-order valence-corrected chi connectivity index (χ0v) is 9.51. The average molecular weight is 206 g/mol. The first-order chi connectivity index (χ1) is 7.24. The van der Waals surface area contributed by atoms with Crippen molar-refractivity contribution in [1.82, 2.24) is 5.32 Å². The van der Waals surface area contributed by atoms with Crippen molar-refractivity contribution >= 4 is 0 Å². The van der Waals surface area contributed by atoms with Crippen molar-refractivity contribution in [3.63, 3.8) is 0 Å². The minimum Gasteiger partial charge on any atom is -0.323 e. The van der Waals surface area contributed by atoms with Crippen LogP contribution in [0.1, 0.15) is 12.5 Å². The summed E-state index contributed by atoms with van der Waals surface area (Å²) in [6, 6.07) is 10.0. The Bertz CT molecular complexity index is 291. The highest BCUT2D eigenvalue weighted by Crippen LogP contribution is 2.04. The Morgan fingerprint density at radius 3 is 2.33 bits per heavy atom. The van der Waals surface area contributed by atoms with Gasteiger partial charge in [-0.2, -0.15) is 0 Å². The summed E-state index contributed by atoms with van der Waals surface area (Å²) in [5, 5.41) is 6.35. The normalized spacial score (nSPS) is 10.6. The fraction of sp³-hybridized carbons (Fsp3) is 0.455. The first-order valence-electron chi connectivity index (χ1n) is 4.91. The molecule has 0 bridgehead atoms. The third-order valence-corrected chi connectivity index (χ3v) is 1.62. The Kier molecular flexibility index (Phi) is 8.15. The van der Waals surface area contributed by atoms with Crippen LogP contribution in [0.5, 0.6) is 0 Å². The fourth-order valence-corrected chi connectivity index (χ4v) is 1.08. The van der Waals surface area contributed by atoms with Gasteiger partial charge in [-0.15, -0.1) is 0 Å². The van der Waals surface area contributed by atoms with Crippen molar-refractivity contribution in [3.8, 4) is 0 Å². The van der Waals surface area contributed by atoms with E-state index in [0.29, 0.717) is 0 Å². The molecule has 1 N–H and O–H groups in total. The van der Waals surface area contributed by atoms with Gasteiger partial charge in [0, 0.05) is 11.0 Å². The van der Waals surface area contributed by atoms with E-state index in [4.69, 9.17) is 5.53 Å². The van der Waals surface area contributed by atoms with Crippen molar-refractivity contribution in [1.29, 1.82) is 0 Å². The van der Waals surface area contributed by atoms with Crippen LogP contribution in [0.2, 0.25) is 0 Å². The predicted octanol–water partition coefficient (Wildman–Crippen LogP) is 2.76. The molecule has 0 saturated carbocycles. The molecule has 0 saturated heterocycles. The van der Waals surface area contributed by atoms with Crippen molar-refractivity contribution in [2.24, 2.45) is 5.11 Å². The van der Waals surface area contributed by atoms with E-state index in [1.807, 2.05) is 51.4 Å². The number of benzene rings is 1. The van der Waals surface area contributed by atoms with Crippen LogP contribution in [0.4, 0.5) is 0 Å². The van der Waals surface area contributed by atoms with Crippen LogP contribution in [0.3, 0.4) is 0 Å². The maximum Gasteiger partial charge on any atom is 0.0386 e. The van der Waals surface area contributed by atoms with Crippen LogP contribution in [0.15, 0.2) is 35.4 Å². The summed E-state index contributed by atoms with van der Waals surface area (Å²) >= 11 is 0. The number of hydrogen-bond donors (Lipinski definition) is 1. The van der Waals surface area contributed by atoms with Crippen LogP contribution in [0.25, 0.3) is 10.4 Å². The summed E-state index contributed by atoms with van der Waals surface area (Å²) in [6.07, 6.45) is 0.810. The highest BCUT2D eigenvalue weighted by atomic mass is 15.1. The summed E-state index contributed by atoms with van der Waals surface area (Å²) in [4.78, 5) is 2.76. The van der Waals surface area contributed by atoms with E-state index in [9.17, 15) is 0 Å². The lowest BCUT2D eigenvalue weighted by Crippen LogP contribution is -2.00. The molecule has 82 valence electrons. The second-order valence-electron chi connectivity index (χ2n) is 3.24. The molecule has 1 atom stereocenters. The van der Waals surface area contributed by atoms with Gasteiger partial charge in [-0.3, -0.25) is 0 Å². The molecule has 0 amide bonds. The van der Waals surface area contributed by atoms with Gasteiger partial charge in [-0.25, -0.2) is 0 Å². The largest absolute Gasteiger partial charge is 0.323 e. The number of hydrogen-bond acceptors (Lipinski definition) is 2. The van der Waals surface area contributed by atoms with Gasteiger partial charge in [0.05, 0.1) is 0 Å². The molecule has 4 nitrogen and oxygen atoms in total. The molecule has 15 heavy (non-hydrogen) atoms. The Morgan fingerprint density at radius 1 is 1.33 bits per heavy atom. The summed E-state index contributed by atoms with van der Waals surface area (Å²) in [6.45, 7) is 1.91. The zero-order valence-electron chi connectivity index (χ0n) is 9.51. The maximum absolute atomic E-state index is 8.17. The first-order valence-corrected chi connectivity index (χ1v) is 4.91. The highest BCUT2D eigenvalue weighted by molar-refractivity contribution is 5.15. The van der Waals surface area contributed by atoms with Gasteiger partial charge in [0.1, 0.15) is 0 Å². The summed E-state index contributed by atoms with van der Waals surface area (Å²) in [7, 11) is 3.75. The molecule has 0 fully saturated rings. The maximum atomic E-state index is 8.17. The Hall–Kier alpha value is -1.51. The number of nitrogens with one attached hydrogen (secondary N) is 1. The molecule has 1 unspecified atom stereocenters. The molecule has 0 aliphatic rings. The predicted molar refractivity (Wildman–Crippen MR) is 63.7 cm³/mol. The van der Waals surface area contributed by atoms with Gasteiger partial charge >= 0.3 is 0 Å². The van der Waals surface area contributed by atoms with Gasteiger partial charge < -0.3 is 5.32 Å². The van der Waals surface area contributed by atoms with E-state index >= 15 is 0 Å². The SMILES string of the molecule is CC(Cc1ccccc1)N=[N+]=[N-].CNC. The lowest BCUT2D eigenvalue weighted by atomic mass is 10.1. The number of nitrogens with zero attached hydrogens (tertiary/aromatic N) is 3. The van der Waals surface area contributed by atoms with Crippen LogP contribution >= 0.6 is 0 Å². The van der Waals surface area contributed by atoms with E-state index < -0.39 is 0 Å². The van der Waals surface area contributed by atoms with Crippen LogP contribution in [-0.2, 0) is 6.42 Å². The smallest absolute Gasteiger partial charge is 0.0386 e. The van der Waals surface area contributed by atoms with Gasteiger partial charge in [0.2, 0.25) is 0 Å². The van der Waals surface area contributed by atoms with E-state index in [1.165, 1.54) is 5.56 Å². The van der Waals surface area contributed by atoms with E-state index in [1.54, 1.807) is 0 Å². The molecule has 1 aromatic rings. The van der Waals surface area contributed by atoms with Gasteiger partial charge in [0.15, 0.2) is 0 Å². The average Bonchev–Trinajstić information content (AvgIpc) is 2.20. The lowest BCUT2D eigenvalue weighted by molar-refractivity contribution is 0.731. The Balaban J connectivity index is 0.000000583. The van der Waals surface area contributed by atoms with E-state index in [-0.39, 0.29) is 6.04 Å². The van der Waals surface area contributed by atoms with E-state index in [0.717, 1.165) is 6.42 Å². The molecule has 0 aliphatic carbocycles. The molecule has 1 rings (SSSR count). The quantitative estimate of drug-likeness (QED) is 0.461. The monoisotopic (exact) mass is 206 g/mol. The highest BCUT2D eigenvalue weighted by Gasteiger charge is 1.98. The van der Waals surface area contributed by atoms with Gasteiger partial charge in [-0.1, -0.05) is 42.4 Å². The Morgan fingerprint density at radius 2 is 1.87 bits per heavy atom. The van der Waals surface area contributed by atoms with Crippen LogP contribution in [0, 0.1) is 0 Å². The number of azide groups is 1. The third-order valence-electron chi connectivity index (χ3n) is 1.62. The summed E-state index contributed by atoms with van der Waals surface area (Å²) < 4.78 is 0.